The molecule has 0 saturated heterocycles. The molecular formula is C11H18ClN3O. The summed E-state index contributed by atoms with van der Waals surface area (Å²) in [5.41, 5.74) is 0.701. The molecule has 90 valence electrons. The summed E-state index contributed by atoms with van der Waals surface area (Å²) in [4.78, 5) is 11.5. The minimum absolute atomic E-state index is 0.0455. The molecule has 0 radical (unpaired) electrons. The summed E-state index contributed by atoms with van der Waals surface area (Å²) in [5, 5.41) is 9.03. The predicted octanol–water partition coefficient (Wildman–Crippen LogP) is 2.18. The first-order valence-electron chi connectivity index (χ1n) is 5.29. The minimum Gasteiger partial charge on any atom is -0.350 e. The first kappa shape index (κ1) is 13.0. The monoisotopic (exact) mass is 243 g/mol. The molecule has 0 aliphatic heterocycles. The van der Waals surface area contributed by atoms with E-state index in [1.807, 2.05) is 0 Å². The Kier molecular flexibility index (Phi) is 4.35. The Hall–Kier alpha value is -1.03. The molecule has 0 fully saturated rings. The van der Waals surface area contributed by atoms with E-state index in [2.05, 4.69) is 36.3 Å². The van der Waals surface area contributed by atoms with Crippen molar-refractivity contribution in [3.05, 3.63) is 18.0 Å². The van der Waals surface area contributed by atoms with Gasteiger partial charge in [-0.2, -0.15) is 5.10 Å². The van der Waals surface area contributed by atoms with Crippen LogP contribution in [0.3, 0.4) is 0 Å². The van der Waals surface area contributed by atoms with E-state index in [1.54, 1.807) is 6.20 Å². The number of hydrogen-bond acceptors (Lipinski definition) is 2. The maximum Gasteiger partial charge on any atom is 0.254 e. The Bertz CT molecular complexity index is 329. The molecule has 1 aromatic heterocycles. The third kappa shape index (κ3) is 4.66. The summed E-state index contributed by atoms with van der Waals surface area (Å²) >= 11 is 6.13. The maximum atomic E-state index is 11.5. The van der Waals surface area contributed by atoms with Gasteiger partial charge in [-0.15, -0.1) is 11.6 Å². The summed E-state index contributed by atoms with van der Waals surface area (Å²) in [5.74, 6) is -0.145. The van der Waals surface area contributed by atoms with Crippen molar-refractivity contribution in [1.29, 1.82) is 0 Å². The van der Waals surface area contributed by atoms with Gasteiger partial charge >= 0.3 is 0 Å². The predicted molar refractivity (Wildman–Crippen MR) is 64.6 cm³/mol. The van der Waals surface area contributed by atoms with Crippen molar-refractivity contribution >= 4 is 17.5 Å². The SMILES string of the molecule is CC(C)(C)CC(Cl)CNC(=O)c1cn[nH]c1. The van der Waals surface area contributed by atoms with Gasteiger partial charge in [0, 0.05) is 12.7 Å². The number of amides is 1. The molecule has 4 nitrogen and oxygen atoms in total. The largest absolute Gasteiger partial charge is 0.350 e. The first-order valence-corrected chi connectivity index (χ1v) is 5.73. The molecule has 1 aromatic rings. The van der Waals surface area contributed by atoms with E-state index in [4.69, 9.17) is 11.6 Å². The van der Waals surface area contributed by atoms with E-state index in [-0.39, 0.29) is 16.7 Å². The zero-order chi connectivity index (χ0) is 12.2. The molecule has 5 heteroatoms. The Morgan fingerprint density at radius 3 is 2.81 bits per heavy atom. The molecule has 0 bridgehead atoms. The van der Waals surface area contributed by atoms with E-state index < -0.39 is 0 Å². The van der Waals surface area contributed by atoms with Crippen LogP contribution in [0.4, 0.5) is 0 Å². The van der Waals surface area contributed by atoms with E-state index in [9.17, 15) is 4.79 Å². The molecule has 1 unspecified atom stereocenters. The van der Waals surface area contributed by atoms with Crippen LogP contribution in [-0.2, 0) is 0 Å². The van der Waals surface area contributed by atoms with E-state index in [0.29, 0.717) is 12.1 Å². The van der Waals surface area contributed by atoms with Gasteiger partial charge < -0.3 is 5.32 Å². The number of aromatic nitrogens is 2. The smallest absolute Gasteiger partial charge is 0.254 e. The van der Waals surface area contributed by atoms with Crippen LogP contribution in [-0.4, -0.2) is 28.0 Å². The third-order valence-corrected chi connectivity index (χ3v) is 2.39. The summed E-state index contributed by atoms with van der Waals surface area (Å²) in [7, 11) is 0. The number of H-pyrrole nitrogens is 1. The van der Waals surface area contributed by atoms with Crippen LogP contribution < -0.4 is 5.32 Å². The number of rotatable bonds is 4. The zero-order valence-corrected chi connectivity index (χ0v) is 10.6. The number of nitrogens with zero attached hydrogens (tertiary/aromatic N) is 1. The van der Waals surface area contributed by atoms with Gasteiger partial charge in [0.05, 0.1) is 17.1 Å². The Balaban J connectivity index is 2.32. The van der Waals surface area contributed by atoms with Crippen molar-refractivity contribution in [3.63, 3.8) is 0 Å². The van der Waals surface area contributed by atoms with Crippen LogP contribution in [0, 0.1) is 5.41 Å². The van der Waals surface area contributed by atoms with Crippen molar-refractivity contribution in [3.8, 4) is 0 Å². The second-order valence-corrected chi connectivity index (χ2v) is 5.68. The number of nitrogens with one attached hydrogen (secondary N) is 2. The zero-order valence-electron chi connectivity index (χ0n) is 9.88. The van der Waals surface area contributed by atoms with Crippen LogP contribution >= 0.6 is 11.6 Å². The first-order chi connectivity index (χ1) is 7.38. The number of carbonyl (C=O) groups excluding carboxylic acids is 1. The molecule has 2 N–H and O–H groups in total. The second kappa shape index (κ2) is 5.34. The van der Waals surface area contributed by atoms with Gasteiger partial charge in [-0.05, 0) is 11.8 Å². The Morgan fingerprint density at radius 2 is 2.31 bits per heavy atom. The highest BCUT2D eigenvalue weighted by molar-refractivity contribution is 6.21. The van der Waals surface area contributed by atoms with Crippen LogP contribution in [0.15, 0.2) is 12.4 Å². The molecule has 1 atom stereocenters. The lowest BCUT2D eigenvalue weighted by Gasteiger charge is -2.21. The average Bonchev–Trinajstić information content (AvgIpc) is 2.64. The molecule has 0 aliphatic rings. The molecule has 1 amide bonds. The summed E-state index contributed by atoms with van der Waals surface area (Å²) < 4.78 is 0. The average molecular weight is 244 g/mol. The highest BCUT2D eigenvalue weighted by Gasteiger charge is 2.17. The fraction of sp³-hybridized carbons (Fsp3) is 0.636. The van der Waals surface area contributed by atoms with E-state index in [0.717, 1.165) is 6.42 Å². The Morgan fingerprint density at radius 1 is 1.62 bits per heavy atom. The molecule has 1 rings (SSSR count). The number of carbonyl (C=O) groups is 1. The van der Waals surface area contributed by atoms with Crippen LogP contribution in [0.25, 0.3) is 0 Å². The van der Waals surface area contributed by atoms with Crippen molar-refractivity contribution in [2.24, 2.45) is 5.41 Å². The molecular weight excluding hydrogens is 226 g/mol. The fourth-order valence-electron chi connectivity index (χ4n) is 1.42. The lowest BCUT2D eigenvalue weighted by Crippen LogP contribution is -2.31. The summed E-state index contributed by atoms with van der Waals surface area (Å²) in [6.07, 6.45) is 3.91. The molecule has 0 spiro atoms. The van der Waals surface area contributed by atoms with Crippen molar-refractivity contribution in [2.75, 3.05) is 6.54 Å². The lowest BCUT2D eigenvalue weighted by molar-refractivity contribution is 0.0952. The summed E-state index contributed by atoms with van der Waals surface area (Å²) in [6.45, 7) is 6.85. The third-order valence-electron chi connectivity index (χ3n) is 2.08. The second-order valence-electron chi connectivity index (χ2n) is 5.06. The number of alkyl halides is 1. The van der Waals surface area contributed by atoms with Gasteiger partial charge in [0.1, 0.15) is 0 Å². The molecule has 0 saturated carbocycles. The fourth-order valence-corrected chi connectivity index (χ4v) is 1.96. The quantitative estimate of drug-likeness (QED) is 0.797. The number of hydrogen-bond donors (Lipinski definition) is 2. The van der Waals surface area contributed by atoms with Gasteiger partial charge in [0.15, 0.2) is 0 Å². The van der Waals surface area contributed by atoms with Gasteiger partial charge in [0.25, 0.3) is 5.91 Å². The molecule has 1 heterocycles. The van der Waals surface area contributed by atoms with E-state index >= 15 is 0 Å². The topological polar surface area (TPSA) is 57.8 Å². The van der Waals surface area contributed by atoms with Gasteiger partial charge in [-0.3, -0.25) is 9.89 Å². The molecule has 16 heavy (non-hydrogen) atoms. The highest BCUT2D eigenvalue weighted by Crippen LogP contribution is 2.23. The maximum absolute atomic E-state index is 11.5. The van der Waals surface area contributed by atoms with Crippen molar-refractivity contribution in [2.45, 2.75) is 32.6 Å². The van der Waals surface area contributed by atoms with Gasteiger partial charge in [0.2, 0.25) is 0 Å². The highest BCUT2D eigenvalue weighted by atomic mass is 35.5. The molecule has 0 aliphatic carbocycles. The number of aromatic amines is 1. The van der Waals surface area contributed by atoms with Crippen molar-refractivity contribution in [1.82, 2.24) is 15.5 Å². The molecule has 0 aromatic carbocycles. The number of halogens is 1. The summed E-state index contributed by atoms with van der Waals surface area (Å²) in [6, 6.07) is 0. The standard InChI is InChI=1S/C11H18ClN3O/c1-11(2,3)4-9(12)7-13-10(16)8-5-14-15-6-8/h5-6,9H,4,7H2,1-3H3,(H,13,16)(H,14,15). The normalized spacial score (nSPS) is 13.5. The Labute approximate surface area is 101 Å². The minimum atomic E-state index is -0.145. The van der Waals surface area contributed by atoms with Crippen LogP contribution in [0.2, 0.25) is 0 Å². The van der Waals surface area contributed by atoms with E-state index in [1.165, 1.54) is 6.20 Å². The van der Waals surface area contributed by atoms with Gasteiger partial charge in [-0.25, -0.2) is 0 Å². The van der Waals surface area contributed by atoms with Crippen LogP contribution in [0.1, 0.15) is 37.6 Å². The van der Waals surface area contributed by atoms with Gasteiger partial charge in [-0.1, -0.05) is 20.8 Å². The van der Waals surface area contributed by atoms with Crippen LogP contribution in [0.5, 0.6) is 0 Å². The lowest BCUT2D eigenvalue weighted by atomic mass is 9.90. The van der Waals surface area contributed by atoms with Crippen molar-refractivity contribution < 1.29 is 4.79 Å².